The molecular weight excluding hydrogens is 240 g/mol. The van der Waals surface area contributed by atoms with Crippen LogP contribution in [-0.2, 0) is 9.59 Å². The van der Waals surface area contributed by atoms with Gasteiger partial charge < -0.3 is 10.6 Å². The highest BCUT2D eigenvalue weighted by Crippen LogP contribution is 2.06. The number of unbranched alkanes of at least 4 members (excludes halogenated alkanes) is 6. The third kappa shape index (κ3) is 12.7. The van der Waals surface area contributed by atoms with Gasteiger partial charge in [-0.25, -0.2) is 0 Å². The second-order valence-corrected chi connectivity index (χ2v) is 4.47. The average Bonchev–Trinajstić information content (AvgIpc) is 2.43. The Hall–Kier alpha value is -1.58. The number of nitrogens with one attached hydrogen (secondary N) is 2. The number of rotatable bonds is 12. The van der Waals surface area contributed by atoms with Gasteiger partial charge in [0.2, 0.25) is 11.8 Å². The van der Waals surface area contributed by atoms with Crippen molar-refractivity contribution in [1.29, 1.82) is 0 Å². The molecule has 108 valence electrons. The van der Waals surface area contributed by atoms with Crippen molar-refractivity contribution in [3.8, 4) is 0 Å². The van der Waals surface area contributed by atoms with Crippen LogP contribution >= 0.6 is 0 Å². The fourth-order valence-electron chi connectivity index (χ4n) is 1.70. The molecule has 0 aliphatic carbocycles. The van der Waals surface area contributed by atoms with E-state index in [2.05, 4.69) is 23.8 Å². The second kappa shape index (κ2) is 12.9. The van der Waals surface area contributed by atoms with Crippen LogP contribution in [0.15, 0.2) is 25.3 Å². The van der Waals surface area contributed by atoms with Crippen molar-refractivity contribution in [3.63, 3.8) is 0 Å². The van der Waals surface area contributed by atoms with Crippen molar-refractivity contribution in [1.82, 2.24) is 10.6 Å². The van der Waals surface area contributed by atoms with Gasteiger partial charge in [-0.05, 0) is 25.0 Å². The monoisotopic (exact) mass is 266 g/mol. The normalized spacial score (nSPS) is 9.68. The van der Waals surface area contributed by atoms with Gasteiger partial charge in [0.1, 0.15) is 0 Å². The lowest BCUT2D eigenvalue weighted by molar-refractivity contribution is -0.117. The van der Waals surface area contributed by atoms with E-state index in [9.17, 15) is 9.59 Å². The summed E-state index contributed by atoms with van der Waals surface area (Å²) in [5.41, 5.74) is 0. The zero-order valence-electron chi connectivity index (χ0n) is 11.7. The van der Waals surface area contributed by atoms with E-state index in [0.717, 1.165) is 38.8 Å². The van der Waals surface area contributed by atoms with Crippen LogP contribution in [0.5, 0.6) is 0 Å². The molecule has 19 heavy (non-hydrogen) atoms. The van der Waals surface area contributed by atoms with Crippen LogP contribution in [0.3, 0.4) is 0 Å². The molecule has 0 radical (unpaired) electrons. The van der Waals surface area contributed by atoms with Gasteiger partial charge in [-0.3, -0.25) is 9.59 Å². The lowest BCUT2D eigenvalue weighted by Gasteiger charge is -2.04. The summed E-state index contributed by atoms with van der Waals surface area (Å²) >= 11 is 0. The Morgan fingerprint density at radius 2 is 1.00 bits per heavy atom. The van der Waals surface area contributed by atoms with E-state index in [-0.39, 0.29) is 11.8 Å². The summed E-state index contributed by atoms with van der Waals surface area (Å²) in [7, 11) is 0. The molecule has 0 unspecified atom stereocenters. The van der Waals surface area contributed by atoms with Crippen molar-refractivity contribution < 1.29 is 9.59 Å². The molecule has 0 rings (SSSR count). The molecular formula is C15H26N2O2. The van der Waals surface area contributed by atoms with Gasteiger partial charge in [0.05, 0.1) is 0 Å². The van der Waals surface area contributed by atoms with E-state index in [1.54, 1.807) is 0 Å². The van der Waals surface area contributed by atoms with E-state index in [0.29, 0.717) is 0 Å². The van der Waals surface area contributed by atoms with Crippen molar-refractivity contribution in [3.05, 3.63) is 25.3 Å². The summed E-state index contributed by atoms with van der Waals surface area (Å²) in [6.07, 6.45) is 10.5. The van der Waals surface area contributed by atoms with Crippen LogP contribution in [0, 0.1) is 0 Å². The van der Waals surface area contributed by atoms with Gasteiger partial charge in [0, 0.05) is 13.1 Å². The van der Waals surface area contributed by atoms with E-state index in [4.69, 9.17) is 0 Å². The van der Waals surface area contributed by atoms with Gasteiger partial charge >= 0.3 is 0 Å². The SMILES string of the molecule is C=CC(=O)NCCCCCCCCCNC(=O)C=C. The van der Waals surface area contributed by atoms with Gasteiger partial charge in [0.15, 0.2) is 0 Å². The van der Waals surface area contributed by atoms with Crippen molar-refractivity contribution in [2.24, 2.45) is 0 Å². The quantitative estimate of drug-likeness (QED) is 0.421. The molecule has 0 heterocycles. The summed E-state index contributed by atoms with van der Waals surface area (Å²) in [6, 6.07) is 0. The van der Waals surface area contributed by atoms with Gasteiger partial charge in [-0.2, -0.15) is 0 Å². The fourth-order valence-corrected chi connectivity index (χ4v) is 1.70. The summed E-state index contributed by atoms with van der Waals surface area (Å²) in [5.74, 6) is -0.192. The third-order valence-corrected chi connectivity index (χ3v) is 2.82. The Kier molecular flexibility index (Phi) is 11.8. The average molecular weight is 266 g/mol. The first-order chi connectivity index (χ1) is 9.20. The fraction of sp³-hybridized carbons (Fsp3) is 0.600. The Labute approximate surface area is 116 Å². The Balaban J connectivity index is 3.10. The molecule has 4 nitrogen and oxygen atoms in total. The maximum absolute atomic E-state index is 10.9. The van der Waals surface area contributed by atoms with Gasteiger partial charge in [-0.15, -0.1) is 0 Å². The highest BCUT2D eigenvalue weighted by atomic mass is 16.2. The van der Waals surface area contributed by atoms with Gasteiger partial charge in [0.25, 0.3) is 0 Å². The van der Waals surface area contributed by atoms with Crippen LogP contribution in [0.2, 0.25) is 0 Å². The molecule has 2 amide bonds. The minimum atomic E-state index is -0.0958. The molecule has 0 aromatic heterocycles. The molecule has 0 aromatic carbocycles. The summed E-state index contributed by atoms with van der Waals surface area (Å²) in [6.45, 7) is 8.26. The Bertz CT molecular complexity index is 260. The second-order valence-electron chi connectivity index (χ2n) is 4.47. The number of hydrogen-bond donors (Lipinski definition) is 2. The molecule has 2 N–H and O–H groups in total. The zero-order valence-corrected chi connectivity index (χ0v) is 11.7. The van der Waals surface area contributed by atoms with E-state index >= 15 is 0 Å². The predicted octanol–water partition coefficient (Wildman–Crippen LogP) is 2.32. The molecule has 0 fully saturated rings. The van der Waals surface area contributed by atoms with Crippen LogP contribution in [-0.4, -0.2) is 24.9 Å². The molecule has 0 aliphatic rings. The first kappa shape index (κ1) is 17.4. The maximum Gasteiger partial charge on any atom is 0.243 e. The molecule has 0 bridgehead atoms. The smallest absolute Gasteiger partial charge is 0.243 e. The summed E-state index contributed by atoms with van der Waals surface area (Å²) in [4.78, 5) is 21.7. The number of carbonyl (C=O) groups excluding carboxylic acids is 2. The number of hydrogen-bond acceptors (Lipinski definition) is 2. The molecule has 0 saturated carbocycles. The molecule has 0 saturated heterocycles. The van der Waals surface area contributed by atoms with E-state index in [1.807, 2.05) is 0 Å². The molecule has 0 aromatic rings. The zero-order chi connectivity index (χ0) is 14.3. The number of carbonyl (C=O) groups is 2. The largest absolute Gasteiger partial charge is 0.353 e. The van der Waals surface area contributed by atoms with Crippen molar-refractivity contribution >= 4 is 11.8 Å². The summed E-state index contributed by atoms with van der Waals surface area (Å²) < 4.78 is 0. The van der Waals surface area contributed by atoms with E-state index in [1.165, 1.54) is 31.4 Å². The maximum atomic E-state index is 10.9. The first-order valence-corrected chi connectivity index (χ1v) is 7.01. The molecule has 0 atom stereocenters. The minimum Gasteiger partial charge on any atom is -0.353 e. The lowest BCUT2D eigenvalue weighted by atomic mass is 10.1. The van der Waals surface area contributed by atoms with Crippen LogP contribution in [0.4, 0.5) is 0 Å². The lowest BCUT2D eigenvalue weighted by Crippen LogP contribution is -2.21. The standard InChI is InChI=1S/C15H26N2O2/c1-3-14(18)16-12-10-8-6-5-7-9-11-13-17-15(19)4-2/h3-4H,1-2,5-13H2,(H,16,18)(H,17,19). The molecule has 0 spiro atoms. The van der Waals surface area contributed by atoms with Crippen LogP contribution < -0.4 is 10.6 Å². The molecule has 0 aliphatic heterocycles. The minimum absolute atomic E-state index is 0.0958. The Morgan fingerprint density at radius 3 is 1.32 bits per heavy atom. The molecule has 4 heteroatoms. The number of amides is 2. The van der Waals surface area contributed by atoms with Crippen LogP contribution in [0.25, 0.3) is 0 Å². The Morgan fingerprint density at radius 1 is 0.684 bits per heavy atom. The van der Waals surface area contributed by atoms with E-state index < -0.39 is 0 Å². The topological polar surface area (TPSA) is 58.2 Å². The third-order valence-electron chi connectivity index (χ3n) is 2.82. The van der Waals surface area contributed by atoms with Crippen molar-refractivity contribution in [2.45, 2.75) is 44.9 Å². The highest BCUT2D eigenvalue weighted by Gasteiger charge is 1.95. The van der Waals surface area contributed by atoms with Crippen LogP contribution in [0.1, 0.15) is 44.9 Å². The first-order valence-electron chi connectivity index (χ1n) is 7.01. The van der Waals surface area contributed by atoms with Crippen molar-refractivity contribution in [2.75, 3.05) is 13.1 Å². The predicted molar refractivity (Wildman–Crippen MR) is 78.7 cm³/mol. The highest BCUT2D eigenvalue weighted by molar-refractivity contribution is 5.87. The summed E-state index contributed by atoms with van der Waals surface area (Å²) in [5, 5.41) is 5.52. The van der Waals surface area contributed by atoms with Gasteiger partial charge in [-0.1, -0.05) is 45.3 Å².